The molecule has 0 bridgehead atoms. The summed E-state index contributed by atoms with van der Waals surface area (Å²) in [6.45, 7) is 4.01. The Morgan fingerprint density at radius 3 is 2.50 bits per heavy atom. The minimum atomic E-state index is -0.531. The van der Waals surface area contributed by atoms with Crippen LogP contribution in [0.15, 0.2) is 36.4 Å². The zero-order valence-corrected chi connectivity index (χ0v) is 12.1. The largest absolute Gasteiger partial charge is 0.371 e. The Kier molecular flexibility index (Phi) is 4.32. The van der Waals surface area contributed by atoms with Crippen molar-refractivity contribution in [2.75, 3.05) is 12.5 Å². The fourth-order valence-electron chi connectivity index (χ4n) is 1.91. The molecular weight excluding hydrogens is 252 g/mol. The van der Waals surface area contributed by atoms with Crippen molar-refractivity contribution in [2.45, 2.75) is 25.9 Å². The molecule has 20 heavy (non-hydrogen) atoms. The van der Waals surface area contributed by atoms with Crippen molar-refractivity contribution in [3.05, 3.63) is 42.2 Å². The standard InChI is InChI=1S/C15H20N4O/c1-4-15(2,20-3)14-17-12(10-13(18-14)19-16)11-8-6-5-7-9-11/h5-10H,4,16H2,1-3H3,(H,17,18,19). The summed E-state index contributed by atoms with van der Waals surface area (Å²) in [5.41, 5.74) is 3.90. The SMILES string of the molecule is CCC(C)(OC)c1nc(NN)cc(-c2ccccc2)n1. The average Bonchev–Trinajstić information content (AvgIpc) is 2.54. The maximum atomic E-state index is 5.57. The molecule has 106 valence electrons. The zero-order chi connectivity index (χ0) is 14.6. The van der Waals surface area contributed by atoms with Crippen LogP contribution in [0.2, 0.25) is 0 Å². The first-order valence-corrected chi connectivity index (χ1v) is 6.59. The van der Waals surface area contributed by atoms with Crippen molar-refractivity contribution < 1.29 is 4.74 Å². The summed E-state index contributed by atoms with van der Waals surface area (Å²) < 4.78 is 5.57. The van der Waals surface area contributed by atoms with Gasteiger partial charge in [0, 0.05) is 18.7 Å². The van der Waals surface area contributed by atoms with Crippen molar-refractivity contribution in [1.29, 1.82) is 0 Å². The molecule has 1 aromatic carbocycles. The van der Waals surface area contributed by atoms with E-state index >= 15 is 0 Å². The van der Waals surface area contributed by atoms with Gasteiger partial charge in [-0.15, -0.1) is 0 Å². The second-order valence-electron chi connectivity index (χ2n) is 4.76. The van der Waals surface area contributed by atoms with Crippen molar-refractivity contribution in [3.63, 3.8) is 0 Å². The monoisotopic (exact) mass is 272 g/mol. The molecule has 0 spiro atoms. The van der Waals surface area contributed by atoms with Crippen molar-refractivity contribution >= 4 is 5.82 Å². The number of nitrogens with two attached hydrogens (primary N) is 1. The van der Waals surface area contributed by atoms with Crippen molar-refractivity contribution in [1.82, 2.24) is 9.97 Å². The fraction of sp³-hybridized carbons (Fsp3) is 0.333. The van der Waals surface area contributed by atoms with E-state index in [1.807, 2.05) is 50.2 Å². The molecule has 1 atom stereocenters. The molecule has 1 aromatic heterocycles. The zero-order valence-electron chi connectivity index (χ0n) is 12.1. The Morgan fingerprint density at radius 1 is 1.25 bits per heavy atom. The van der Waals surface area contributed by atoms with Crippen molar-refractivity contribution in [3.8, 4) is 11.3 Å². The van der Waals surface area contributed by atoms with Crippen LogP contribution in [0.1, 0.15) is 26.1 Å². The molecule has 0 saturated heterocycles. The Bertz CT molecular complexity index is 567. The molecule has 3 N–H and O–H groups in total. The summed E-state index contributed by atoms with van der Waals surface area (Å²) in [5.74, 6) is 6.71. The van der Waals surface area contributed by atoms with Gasteiger partial charge in [-0.25, -0.2) is 15.8 Å². The van der Waals surface area contributed by atoms with Crippen LogP contribution in [0.25, 0.3) is 11.3 Å². The Labute approximate surface area is 119 Å². The topological polar surface area (TPSA) is 73.1 Å². The Hall–Kier alpha value is -1.98. The molecule has 0 saturated carbocycles. The van der Waals surface area contributed by atoms with E-state index < -0.39 is 5.60 Å². The number of aromatic nitrogens is 2. The first kappa shape index (κ1) is 14.4. The number of anilines is 1. The number of nitrogens with zero attached hydrogens (tertiary/aromatic N) is 2. The maximum Gasteiger partial charge on any atom is 0.162 e. The summed E-state index contributed by atoms with van der Waals surface area (Å²) in [5, 5.41) is 0. The van der Waals surface area contributed by atoms with Crippen molar-refractivity contribution in [2.24, 2.45) is 5.84 Å². The minimum absolute atomic E-state index is 0.531. The molecule has 0 aliphatic heterocycles. The van der Waals surface area contributed by atoms with Gasteiger partial charge in [0.1, 0.15) is 11.4 Å². The predicted molar refractivity (Wildman–Crippen MR) is 79.9 cm³/mol. The van der Waals surface area contributed by atoms with Gasteiger partial charge < -0.3 is 10.2 Å². The lowest BCUT2D eigenvalue weighted by Gasteiger charge is -2.25. The van der Waals surface area contributed by atoms with E-state index in [1.165, 1.54) is 0 Å². The van der Waals surface area contributed by atoms with E-state index in [4.69, 9.17) is 10.6 Å². The highest BCUT2D eigenvalue weighted by atomic mass is 16.5. The molecule has 2 rings (SSSR count). The van der Waals surface area contributed by atoms with E-state index in [-0.39, 0.29) is 0 Å². The van der Waals surface area contributed by atoms with E-state index in [2.05, 4.69) is 15.4 Å². The molecule has 5 nitrogen and oxygen atoms in total. The number of benzene rings is 1. The molecule has 5 heteroatoms. The van der Waals surface area contributed by atoms with Gasteiger partial charge in [-0.2, -0.15) is 0 Å². The first-order chi connectivity index (χ1) is 9.62. The van der Waals surface area contributed by atoms with Crippen LogP contribution < -0.4 is 11.3 Å². The summed E-state index contributed by atoms with van der Waals surface area (Å²) >= 11 is 0. The summed E-state index contributed by atoms with van der Waals surface area (Å²) in [7, 11) is 1.66. The quantitative estimate of drug-likeness (QED) is 0.646. The molecule has 0 radical (unpaired) electrons. The van der Waals surface area contributed by atoms with Crippen LogP contribution in [-0.2, 0) is 10.3 Å². The summed E-state index contributed by atoms with van der Waals surface area (Å²) in [4.78, 5) is 9.05. The number of hydrogen-bond donors (Lipinski definition) is 2. The lowest BCUT2D eigenvalue weighted by atomic mass is 10.0. The normalized spacial score (nSPS) is 13.8. The predicted octanol–water partition coefficient (Wildman–Crippen LogP) is 2.70. The number of ether oxygens (including phenoxy) is 1. The van der Waals surface area contributed by atoms with Crippen LogP contribution >= 0.6 is 0 Å². The third kappa shape index (κ3) is 2.79. The molecule has 0 aliphatic carbocycles. The smallest absolute Gasteiger partial charge is 0.162 e. The molecule has 1 heterocycles. The molecule has 0 aliphatic rings. The highest BCUT2D eigenvalue weighted by Gasteiger charge is 2.28. The summed E-state index contributed by atoms with van der Waals surface area (Å²) in [6.07, 6.45) is 0.770. The second-order valence-corrected chi connectivity index (χ2v) is 4.76. The number of nitrogens with one attached hydrogen (secondary N) is 1. The molecule has 1 unspecified atom stereocenters. The van der Waals surface area contributed by atoms with Gasteiger partial charge in [0.25, 0.3) is 0 Å². The number of rotatable bonds is 5. The van der Waals surface area contributed by atoms with Gasteiger partial charge in [0.2, 0.25) is 0 Å². The average molecular weight is 272 g/mol. The van der Waals surface area contributed by atoms with Gasteiger partial charge in [-0.1, -0.05) is 37.3 Å². The van der Waals surface area contributed by atoms with E-state index in [0.29, 0.717) is 11.6 Å². The van der Waals surface area contributed by atoms with Gasteiger partial charge >= 0.3 is 0 Å². The van der Waals surface area contributed by atoms with Gasteiger partial charge in [-0.05, 0) is 13.3 Å². The number of hydrazine groups is 1. The highest BCUT2D eigenvalue weighted by molar-refractivity contribution is 5.62. The summed E-state index contributed by atoms with van der Waals surface area (Å²) in [6, 6.07) is 11.7. The molecule has 0 amide bonds. The van der Waals surface area contributed by atoms with Crippen LogP contribution in [-0.4, -0.2) is 17.1 Å². The lowest BCUT2D eigenvalue weighted by Crippen LogP contribution is -2.27. The third-order valence-electron chi connectivity index (χ3n) is 3.54. The van der Waals surface area contributed by atoms with Gasteiger partial charge in [0.15, 0.2) is 5.82 Å². The van der Waals surface area contributed by atoms with Crippen LogP contribution in [0.4, 0.5) is 5.82 Å². The second kappa shape index (κ2) is 5.98. The molecule has 2 aromatic rings. The molecule has 0 fully saturated rings. The Balaban J connectivity index is 2.55. The fourth-order valence-corrected chi connectivity index (χ4v) is 1.91. The Morgan fingerprint density at radius 2 is 1.95 bits per heavy atom. The molecular formula is C15H20N4O. The number of methoxy groups -OCH3 is 1. The van der Waals surface area contributed by atoms with E-state index in [0.717, 1.165) is 17.7 Å². The minimum Gasteiger partial charge on any atom is -0.371 e. The maximum absolute atomic E-state index is 5.57. The number of hydrogen-bond acceptors (Lipinski definition) is 5. The number of nitrogen functional groups attached to an aromatic ring is 1. The first-order valence-electron chi connectivity index (χ1n) is 6.59. The third-order valence-corrected chi connectivity index (χ3v) is 3.54. The lowest BCUT2D eigenvalue weighted by molar-refractivity contribution is -0.00877. The highest BCUT2D eigenvalue weighted by Crippen LogP contribution is 2.28. The van der Waals surface area contributed by atoms with Gasteiger partial charge in [-0.3, -0.25) is 0 Å². The van der Waals surface area contributed by atoms with Crippen LogP contribution in [0, 0.1) is 0 Å². The van der Waals surface area contributed by atoms with E-state index in [9.17, 15) is 0 Å². The van der Waals surface area contributed by atoms with Crippen LogP contribution in [0.5, 0.6) is 0 Å². The van der Waals surface area contributed by atoms with E-state index in [1.54, 1.807) is 7.11 Å². The van der Waals surface area contributed by atoms with Crippen LogP contribution in [0.3, 0.4) is 0 Å². The van der Waals surface area contributed by atoms with Gasteiger partial charge in [0.05, 0.1) is 5.69 Å².